The van der Waals surface area contributed by atoms with Gasteiger partial charge in [-0.25, -0.2) is 0 Å². The van der Waals surface area contributed by atoms with Crippen LogP contribution in [0.25, 0.3) is 11.1 Å². The molecule has 0 spiro atoms. The smallest absolute Gasteiger partial charge is 0.0595 e. The van der Waals surface area contributed by atoms with Gasteiger partial charge in [0.2, 0.25) is 0 Å². The molecule has 0 aliphatic heterocycles. The van der Waals surface area contributed by atoms with Crippen LogP contribution in [0.15, 0.2) is 42.6 Å². The first-order valence-electron chi connectivity index (χ1n) is 4.57. The van der Waals surface area contributed by atoms with Crippen LogP contribution >= 0.6 is 27.5 Å². The standard InChI is InChI=1S/C12H9BrClN/c13-7-12-11(6-10(14)8-15-12)9-4-2-1-3-5-9/h1-6,8H,7H2. The lowest BCUT2D eigenvalue weighted by molar-refractivity contribution is 1.19. The number of halogens is 2. The molecule has 0 aliphatic carbocycles. The number of benzene rings is 1. The van der Waals surface area contributed by atoms with Gasteiger partial charge in [-0.15, -0.1) is 0 Å². The SMILES string of the molecule is Clc1cnc(CBr)c(-c2ccccc2)c1. The molecule has 0 unspecified atom stereocenters. The highest BCUT2D eigenvalue weighted by atomic mass is 79.9. The van der Waals surface area contributed by atoms with Gasteiger partial charge < -0.3 is 0 Å². The van der Waals surface area contributed by atoms with E-state index in [2.05, 4.69) is 33.0 Å². The molecule has 1 aromatic carbocycles. The van der Waals surface area contributed by atoms with E-state index < -0.39 is 0 Å². The minimum atomic E-state index is 0.665. The number of nitrogens with zero attached hydrogens (tertiary/aromatic N) is 1. The van der Waals surface area contributed by atoms with Gasteiger partial charge >= 0.3 is 0 Å². The van der Waals surface area contributed by atoms with Crippen LogP contribution < -0.4 is 0 Å². The summed E-state index contributed by atoms with van der Waals surface area (Å²) in [6, 6.07) is 12.1. The van der Waals surface area contributed by atoms with Crippen molar-refractivity contribution >= 4 is 27.5 Å². The molecule has 0 saturated heterocycles. The average molecular weight is 283 g/mol. The Bertz CT molecular complexity index is 456. The van der Waals surface area contributed by atoms with Crippen LogP contribution in [0.2, 0.25) is 5.02 Å². The lowest BCUT2D eigenvalue weighted by atomic mass is 10.1. The van der Waals surface area contributed by atoms with Crippen molar-refractivity contribution in [2.45, 2.75) is 5.33 Å². The number of hydrogen-bond donors (Lipinski definition) is 0. The van der Waals surface area contributed by atoms with E-state index in [9.17, 15) is 0 Å². The third kappa shape index (κ3) is 2.39. The highest BCUT2D eigenvalue weighted by molar-refractivity contribution is 9.08. The normalized spacial score (nSPS) is 10.3. The summed E-state index contributed by atoms with van der Waals surface area (Å²) < 4.78 is 0. The van der Waals surface area contributed by atoms with Crippen molar-refractivity contribution in [3.63, 3.8) is 0 Å². The Balaban J connectivity index is 2.56. The summed E-state index contributed by atoms with van der Waals surface area (Å²) in [6.45, 7) is 0. The Morgan fingerprint density at radius 3 is 2.60 bits per heavy atom. The first-order chi connectivity index (χ1) is 7.31. The van der Waals surface area contributed by atoms with E-state index >= 15 is 0 Å². The van der Waals surface area contributed by atoms with E-state index in [1.807, 2.05) is 24.3 Å². The lowest BCUT2D eigenvalue weighted by Crippen LogP contribution is -1.90. The van der Waals surface area contributed by atoms with Gasteiger partial charge in [0, 0.05) is 17.1 Å². The van der Waals surface area contributed by atoms with E-state index in [1.54, 1.807) is 6.20 Å². The van der Waals surface area contributed by atoms with Gasteiger partial charge in [-0.2, -0.15) is 0 Å². The molecular formula is C12H9BrClN. The molecule has 76 valence electrons. The van der Waals surface area contributed by atoms with Gasteiger partial charge in [-0.1, -0.05) is 57.9 Å². The van der Waals surface area contributed by atoms with Gasteiger partial charge in [0.15, 0.2) is 0 Å². The maximum Gasteiger partial charge on any atom is 0.0595 e. The highest BCUT2D eigenvalue weighted by Crippen LogP contribution is 2.26. The fourth-order valence-corrected chi connectivity index (χ4v) is 2.05. The summed E-state index contributed by atoms with van der Waals surface area (Å²) in [6.07, 6.45) is 1.67. The van der Waals surface area contributed by atoms with E-state index in [-0.39, 0.29) is 0 Å². The van der Waals surface area contributed by atoms with Gasteiger partial charge in [0.25, 0.3) is 0 Å². The molecule has 15 heavy (non-hydrogen) atoms. The quantitative estimate of drug-likeness (QED) is 0.749. The van der Waals surface area contributed by atoms with E-state index in [0.717, 1.165) is 22.2 Å². The zero-order valence-corrected chi connectivity index (χ0v) is 10.3. The summed E-state index contributed by atoms with van der Waals surface area (Å²) in [4.78, 5) is 4.29. The third-order valence-electron chi connectivity index (χ3n) is 2.15. The van der Waals surface area contributed by atoms with Crippen LogP contribution in [0.1, 0.15) is 5.69 Å². The molecule has 0 fully saturated rings. The summed E-state index contributed by atoms with van der Waals surface area (Å²) >= 11 is 9.37. The Morgan fingerprint density at radius 1 is 1.20 bits per heavy atom. The zero-order valence-electron chi connectivity index (χ0n) is 7.95. The molecular weight excluding hydrogens is 273 g/mol. The summed E-state index contributed by atoms with van der Waals surface area (Å²) in [5.41, 5.74) is 3.23. The second-order valence-corrected chi connectivity index (χ2v) is 4.14. The number of alkyl halides is 1. The molecule has 0 atom stereocenters. The predicted molar refractivity (Wildman–Crippen MR) is 67.3 cm³/mol. The highest BCUT2D eigenvalue weighted by Gasteiger charge is 2.05. The Labute approximate surface area is 102 Å². The topological polar surface area (TPSA) is 12.9 Å². The second-order valence-electron chi connectivity index (χ2n) is 3.15. The molecule has 1 aromatic heterocycles. The maximum absolute atomic E-state index is 5.95. The molecule has 3 heteroatoms. The summed E-state index contributed by atoms with van der Waals surface area (Å²) in [5.74, 6) is 0. The van der Waals surface area contributed by atoms with Crippen molar-refractivity contribution in [3.05, 3.63) is 53.3 Å². The van der Waals surface area contributed by atoms with Crippen molar-refractivity contribution < 1.29 is 0 Å². The van der Waals surface area contributed by atoms with E-state index in [1.165, 1.54) is 0 Å². The van der Waals surface area contributed by atoms with Crippen LogP contribution in [0.4, 0.5) is 0 Å². The molecule has 2 rings (SSSR count). The fraction of sp³-hybridized carbons (Fsp3) is 0.0833. The van der Waals surface area contributed by atoms with E-state index in [0.29, 0.717) is 5.02 Å². The first-order valence-corrected chi connectivity index (χ1v) is 6.07. The molecule has 0 aliphatic rings. The van der Waals surface area contributed by atoms with Gasteiger partial charge in [0.1, 0.15) is 0 Å². The Kier molecular flexibility index (Phi) is 3.39. The average Bonchev–Trinajstić information content (AvgIpc) is 2.30. The second kappa shape index (κ2) is 4.77. The molecule has 1 nitrogen and oxygen atoms in total. The van der Waals surface area contributed by atoms with Crippen molar-refractivity contribution in [1.29, 1.82) is 0 Å². The molecule has 0 radical (unpaired) electrons. The molecule has 1 heterocycles. The number of rotatable bonds is 2. The van der Waals surface area contributed by atoms with Crippen molar-refractivity contribution in [2.75, 3.05) is 0 Å². The monoisotopic (exact) mass is 281 g/mol. The number of aromatic nitrogens is 1. The van der Waals surface area contributed by atoms with Gasteiger partial charge in [0.05, 0.1) is 10.7 Å². The molecule has 0 N–H and O–H groups in total. The van der Waals surface area contributed by atoms with E-state index in [4.69, 9.17) is 11.6 Å². The molecule has 0 bridgehead atoms. The number of hydrogen-bond acceptors (Lipinski definition) is 1. The molecule has 0 saturated carbocycles. The lowest BCUT2D eigenvalue weighted by Gasteiger charge is -2.06. The minimum Gasteiger partial charge on any atom is -0.258 e. The number of pyridine rings is 1. The minimum absolute atomic E-state index is 0.665. The Hall–Kier alpha value is -0.860. The van der Waals surface area contributed by atoms with Gasteiger partial charge in [-0.3, -0.25) is 4.98 Å². The molecule has 0 amide bonds. The van der Waals surface area contributed by atoms with Crippen molar-refractivity contribution in [3.8, 4) is 11.1 Å². The van der Waals surface area contributed by atoms with Crippen LogP contribution in [0, 0.1) is 0 Å². The predicted octanol–water partition coefficient (Wildman–Crippen LogP) is 4.30. The maximum atomic E-state index is 5.95. The molecule has 2 aromatic rings. The zero-order chi connectivity index (χ0) is 10.7. The van der Waals surface area contributed by atoms with Crippen LogP contribution in [-0.2, 0) is 5.33 Å². The largest absolute Gasteiger partial charge is 0.258 e. The van der Waals surface area contributed by atoms with Crippen LogP contribution in [0.3, 0.4) is 0 Å². The van der Waals surface area contributed by atoms with Gasteiger partial charge in [-0.05, 0) is 11.6 Å². The fourth-order valence-electron chi connectivity index (χ4n) is 1.44. The van der Waals surface area contributed by atoms with Crippen LogP contribution in [0.5, 0.6) is 0 Å². The Morgan fingerprint density at radius 2 is 1.93 bits per heavy atom. The summed E-state index contributed by atoms with van der Waals surface area (Å²) in [5, 5.41) is 1.40. The van der Waals surface area contributed by atoms with Crippen molar-refractivity contribution in [1.82, 2.24) is 4.98 Å². The van der Waals surface area contributed by atoms with Crippen molar-refractivity contribution in [2.24, 2.45) is 0 Å². The third-order valence-corrected chi connectivity index (χ3v) is 2.89. The first kappa shape index (κ1) is 10.7. The summed E-state index contributed by atoms with van der Waals surface area (Å²) in [7, 11) is 0. The van der Waals surface area contributed by atoms with Crippen LogP contribution in [-0.4, -0.2) is 4.98 Å².